The number of benzene rings is 1. The van der Waals surface area contributed by atoms with Crippen molar-refractivity contribution in [2.75, 3.05) is 6.54 Å². The maximum absolute atomic E-state index is 11.7. The summed E-state index contributed by atoms with van der Waals surface area (Å²) < 4.78 is 0. The monoisotopic (exact) mass is 248 g/mol. The number of aryl methyl sites for hydroxylation is 2. The summed E-state index contributed by atoms with van der Waals surface area (Å²) in [5.41, 5.74) is 3.80. The highest BCUT2D eigenvalue weighted by Crippen LogP contribution is 2.17. The van der Waals surface area contributed by atoms with Gasteiger partial charge in [-0.15, -0.1) is 0 Å². The third-order valence-electron chi connectivity index (χ3n) is 3.28. The van der Waals surface area contributed by atoms with Crippen molar-refractivity contribution in [3.8, 4) is 0 Å². The van der Waals surface area contributed by atoms with E-state index in [1.54, 1.807) is 0 Å². The van der Waals surface area contributed by atoms with Crippen LogP contribution in [-0.4, -0.2) is 18.5 Å². The first-order valence-corrected chi connectivity index (χ1v) is 6.56. The second-order valence-electron chi connectivity index (χ2n) is 4.85. The molecule has 1 amide bonds. The minimum atomic E-state index is -0.179. The number of hydrogen-bond donors (Lipinski definition) is 2. The van der Waals surface area contributed by atoms with Gasteiger partial charge in [-0.3, -0.25) is 10.1 Å². The van der Waals surface area contributed by atoms with Gasteiger partial charge in [-0.05, 0) is 51.3 Å². The summed E-state index contributed by atoms with van der Waals surface area (Å²) in [7, 11) is 0. The van der Waals surface area contributed by atoms with Crippen LogP contribution in [0.2, 0.25) is 0 Å². The van der Waals surface area contributed by atoms with Crippen molar-refractivity contribution in [1.29, 1.82) is 0 Å². The molecule has 0 fully saturated rings. The van der Waals surface area contributed by atoms with Crippen LogP contribution in [0.25, 0.3) is 0 Å². The van der Waals surface area contributed by atoms with Crippen molar-refractivity contribution in [3.63, 3.8) is 0 Å². The average Bonchev–Trinajstić information content (AvgIpc) is 2.32. The van der Waals surface area contributed by atoms with Gasteiger partial charge in [0.15, 0.2) is 0 Å². The normalized spacial score (nSPS) is 14.1. The summed E-state index contributed by atoms with van der Waals surface area (Å²) >= 11 is 0. The van der Waals surface area contributed by atoms with Crippen molar-refractivity contribution in [2.24, 2.45) is 0 Å². The van der Waals surface area contributed by atoms with E-state index in [1.165, 1.54) is 16.7 Å². The lowest BCUT2D eigenvalue weighted by atomic mass is 10.0. The minimum Gasteiger partial charge on any atom is -0.355 e. The van der Waals surface area contributed by atoms with Gasteiger partial charge in [0.1, 0.15) is 0 Å². The molecule has 0 aliphatic rings. The Morgan fingerprint density at radius 1 is 1.22 bits per heavy atom. The second kappa shape index (κ2) is 6.55. The van der Waals surface area contributed by atoms with Gasteiger partial charge in [0.05, 0.1) is 6.04 Å². The van der Waals surface area contributed by atoms with E-state index in [-0.39, 0.29) is 18.0 Å². The molecule has 18 heavy (non-hydrogen) atoms. The summed E-state index contributed by atoms with van der Waals surface area (Å²) in [5.74, 6) is 0.0492. The van der Waals surface area contributed by atoms with E-state index in [0.29, 0.717) is 6.54 Å². The summed E-state index contributed by atoms with van der Waals surface area (Å²) in [6.45, 7) is 10.8. The molecule has 1 rings (SSSR count). The van der Waals surface area contributed by atoms with E-state index in [4.69, 9.17) is 0 Å². The van der Waals surface area contributed by atoms with Crippen LogP contribution in [0.3, 0.4) is 0 Å². The molecule has 1 aromatic carbocycles. The fraction of sp³-hybridized carbons (Fsp3) is 0.533. The fourth-order valence-corrected chi connectivity index (χ4v) is 1.91. The molecule has 100 valence electrons. The fourth-order valence-electron chi connectivity index (χ4n) is 1.91. The number of likely N-dealkylation sites (N-methyl/N-ethyl adjacent to an activating group) is 1. The van der Waals surface area contributed by atoms with Gasteiger partial charge in [-0.25, -0.2) is 0 Å². The van der Waals surface area contributed by atoms with Crippen LogP contribution in [0.15, 0.2) is 18.2 Å². The van der Waals surface area contributed by atoms with E-state index in [0.717, 1.165) is 0 Å². The third kappa shape index (κ3) is 3.84. The first-order chi connectivity index (χ1) is 8.45. The number of nitrogens with one attached hydrogen (secondary N) is 2. The number of amides is 1. The van der Waals surface area contributed by atoms with Gasteiger partial charge >= 0.3 is 0 Å². The number of carbonyl (C=O) groups excluding carboxylic acids is 1. The molecule has 0 bridgehead atoms. The standard InChI is InChI=1S/C15H24N2O/c1-6-16-15(18)13(5)17-12(4)14-8-7-10(2)11(3)9-14/h7-9,12-13,17H,6H2,1-5H3,(H,16,18). The molecule has 0 aromatic heterocycles. The predicted molar refractivity (Wildman–Crippen MR) is 75.6 cm³/mol. The lowest BCUT2D eigenvalue weighted by Crippen LogP contribution is -2.43. The highest BCUT2D eigenvalue weighted by atomic mass is 16.2. The number of hydrogen-bond acceptors (Lipinski definition) is 2. The zero-order valence-corrected chi connectivity index (χ0v) is 12.0. The Kier molecular flexibility index (Phi) is 5.35. The van der Waals surface area contributed by atoms with Crippen LogP contribution in [0.1, 0.15) is 43.5 Å². The average molecular weight is 248 g/mol. The topological polar surface area (TPSA) is 41.1 Å². The molecule has 2 atom stereocenters. The Labute approximate surface area is 110 Å². The van der Waals surface area contributed by atoms with Crippen LogP contribution in [0, 0.1) is 13.8 Å². The van der Waals surface area contributed by atoms with Crippen molar-refractivity contribution in [2.45, 2.75) is 46.7 Å². The summed E-state index contributed by atoms with van der Waals surface area (Å²) in [4.78, 5) is 11.7. The van der Waals surface area contributed by atoms with E-state index >= 15 is 0 Å². The van der Waals surface area contributed by atoms with Crippen molar-refractivity contribution in [1.82, 2.24) is 10.6 Å². The molecule has 0 saturated heterocycles. The molecule has 3 heteroatoms. The van der Waals surface area contributed by atoms with Crippen LogP contribution in [-0.2, 0) is 4.79 Å². The van der Waals surface area contributed by atoms with Gasteiger partial charge in [-0.2, -0.15) is 0 Å². The zero-order valence-electron chi connectivity index (χ0n) is 12.0. The largest absolute Gasteiger partial charge is 0.355 e. The van der Waals surface area contributed by atoms with Gasteiger partial charge < -0.3 is 5.32 Å². The molecule has 0 radical (unpaired) electrons. The zero-order chi connectivity index (χ0) is 13.7. The van der Waals surface area contributed by atoms with Gasteiger partial charge in [0.25, 0.3) is 0 Å². The number of rotatable bonds is 5. The quantitative estimate of drug-likeness (QED) is 0.840. The molecule has 0 saturated carbocycles. The lowest BCUT2D eigenvalue weighted by molar-refractivity contribution is -0.122. The molecule has 0 aliphatic heterocycles. The van der Waals surface area contributed by atoms with E-state index in [9.17, 15) is 4.79 Å². The Bertz CT molecular complexity index is 415. The molecule has 2 unspecified atom stereocenters. The Balaban J connectivity index is 2.67. The van der Waals surface area contributed by atoms with E-state index in [2.05, 4.69) is 49.6 Å². The maximum Gasteiger partial charge on any atom is 0.236 e. The van der Waals surface area contributed by atoms with Crippen molar-refractivity contribution >= 4 is 5.91 Å². The van der Waals surface area contributed by atoms with Crippen molar-refractivity contribution < 1.29 is 4.79 Å². The van der Waals surface area contributed by atoms with E-state index < -0.39 is 0 Å². The van der Waals surface area contributed by atoms with Gasteiger partial charge in [-0.1, -0.05) is 18.2 Å². The molecule has 0 aliphatic carbocycles. The van der Waals surface area contributed by atoms with Crippen LogP contribution < -0.4 is 10.6 Å². The number of carbonyl (C=O) groups is 1. The van der Waals surface area contributed by atoms with Crippen molar-refractivity contribution in [3.05, 3.63) is 34.9 Å². The SMILES string of the molecule is CCNC(=O)C(C)NC(C)c1ccc(C)c(C)c1. The second-order valence-corrected chi connectivity index (χ2v) is 4.85. The summed E-state index contributed by atoms with van der Waals surface area (Å²) in [6, 6.07) is 6.41. The van der Waals surface area contributed by atoms with Gasteiger partial charge in [0.2, 0.25) is 5.91 Å². The Morgan fingerprint density at radius 3 is 2.44 bits per heavy atom. The molecule has 3 nitrogen and oxygen atoms in total. The smallest absolute Gasteiger partial charge is 0.236 e. The first kappa shape index (κ1) is 14.7. The molecular weight excluding hydrogens is 224 g/mol. The Hall–Kier alpha value is -1.35. The molecule has 1 aromatic rings. The molecule has 0 heterocycles. The van der Waals surface area contributed by atoms with Gasteiger partial charge in [0, 0.05) is 12.6 Å². The summed E-state index contributed by atoms with van der Waals surface area (Å²) in [5, 5.41) is 6.14. The van der Waals surface area contributed by atoms with E-state index in [1.807, 2.05) is 13.8 Å². The lowest BCUT2D eigenvalue weighted by Gasteiger charge is -2.20. The first-order valence-electron chi connectivity index (χ1n) is 6.56. The minimum absolute atomic E-state index is 0.0492. The predicted octanol–water partition coefficient (Wildman–Crippen LogP) is 2.48. The van der Waals surface area contributed by atoms with Crippen LogP contribution in [0.5, 0.6) is 0 Å². The Morgan fingerprint density at radius 2 is 1.89 bits per heavy atom. The highest BCUT2D eigenvalue weighted by molar-refractivity contribution is 5.81. The molecule has 2 N–H and O–H groups in total. The van der Waals surface area contributed by atoms with Crippen LogP contribution >= 0.6 is 0 Å². The third-order valence-corrected chi connectivity index (χ3v) is 3.28. The molecule has 0 spiro atoms. The maximum atomic E-state index is 11.7. The highest BCUT2D eigenvalue weighted by Gasteiger charge is 2.15. The summed E-state index contributed by atoms with van der Waals surface area (Å²) in [6.07, 6.45) is 0. The van der Waals surface area contributed by atoms with Crippen LogP contribution in [0.4, 0.5) is 0 Å². The molecular formula is C15H24N2O.